The van der Waals surface area contributed by atoms with Crippen molar-refractivity contribution in [3.63, 3.8) is 0 Å². The molecule has 0 fully saturated rings. The number of benzene rings is 1. The third kappa shape index (κ3) is 4.14. The lowest BCUT2D eigenvalue weighted by atomic mass is 10.1. The molecule has 0 aliphatic carbocycles. The van der Waals surface area contributed by atoms with Crippen LogP contribution in [0.4, 0.5) is 10.2 Å². The third-order valence-electron chi connectivity index (χ3n) is 3.11. The van der Waals surface area contributed by atoms with Gasteiger partial charge in [-0.25, -0.2) is 14.4 Å². The number of aromatic nitrogens is 2. The molecule has 5 heteroatoms. The molecular weight excluding hydrogens is 289 g/mol. The Balaban J connectivity index is 2.33. The van der Waals surface area contributed by atoms with E-state index < -0.39 is 0 Å². The van der Waals surface area contributed by atoms with E-state index in [0.29, 0.717) is 23.2 Å². The standard InChI is InChI=1S/C16H19ClFN3/c1-4-19-15-9-14(10(2)3)20-16(21-15)7-11-5-6-12(18)8-13(11)17/h5-6,8-10H,4,7H2,1-3H3,(H,19,20,21). The van der Waals surface area contributed by atoms with Crippen molar-refractivity contribution < 1.29 is 4.39 Å². The Bertz CT molecular complexity index is 629. The fourth-order valence-corrected chi connectivity index (χ4v) is 2.23. The molecular formula is C16H19ClFN3. The lowest BCUT2D eigenvalue weighted by molar-refractivity contribution is 0.627. The Morgan fingerprint density at radius 3 is 2.62 bits per heavy atom. The molecule has 0 amide bonds. The van der Waals surface area contributed by atoms with Crippen molar-refractivity contribution in [1.29, 1.82) is 0 Å². The normalized spacial score (nSPS) is 11.0. The molecule has 0 unspecified atom stereocenters. The van der Waals surface area contributed by atoms with E-state index in [2.05, 4.69) is 29.1 Å². The van der Waals surface area contributed by atoms with Crippen LogP contribution >= 0.6 is 11.6 Å². The topological polar surface area (TPSA) is 37.8 Å². The van der Waals surface area contributed by atoms with E-state index in [1.54, 1.807) is 6.07 Å². The fourth-order valence-electron chi connectivity index (χ4n) is 2.00. The minimum absolute atomic E-state index is 0.313. The van der Waals surface area contributed by atoms with Crippen molar-refractivity contribution in [3.05, 3.63) is 52.2 Å². The predicted molar refractivity (Wildman–Crippen MR) is 84.5 cm³/mol. The number of hydrogen-bond donors (Lipinski definition) is 1. The molecule has 21 heavy (non-hydrogen) atoms. The highest BCUT2D eigenvalue weighted by Crippen LogP contribution is 2.21. The van der Waals surface area contributed by atoms with Crippen LogP contribution in [0.3, 0.4) is 0 Å². The monoisotopic (exact) mass is 307 g/mol. The van der Waals surface area contributed by atoms with Crippen LogP contribution in [0.2, 0.25) is 5.02 Å². The Morgan fingerprint density at radius 1 is 1.24 bits per heavy atom. The average molecular weight is 308 g/mol. The summed E-state index contributed by atoms with van der Waals surface area (Å²) in [5.74, 6) is 1.47. The smallest absolute Gasteiger partial charge is 0.135 e. The first kappa shape index (κ1) is 15.7. The van der Waals surface area contributed by atoms with Gasteiger partial charge in [-0.2, -0.15) is 0 Å². The highest BCUT2D eigenvalue weighted by molar-refractivity contribution is 6.31. The maximum atomic E-state index is 13.1. The number of nitrogens with zero attached hydrogens (tertiary/aromatic N) is 2. The Hall–Kier alpha value is -1.68. The minimum Gasteiger partial charge on any atom is -0.370 e. The molecule has 0 atom stereocenters. The molecule has 1 N–H and O–H groups in total. The van der Waals surface area contributed by atoms with Crippen LogP contribution in [0.1, 0.15) is 43.8 Å². The van der Waals surface area contributed by atoms with Crippen molar-refractivity contribution in [3.8, 4) is 0 Å². The van der Waals surface area contributed by atoms with E-state index in [0.717, 1.165) is 23.6 Å². The molecule has 2 rings (SSSR count). The molecule has 0 aliphatic rings. The first-order chi connectivity index (χ1) is 9.99. The van der Waals surface area contributed by atoms with Crippen molar-refractivity contribution in [1.82, 2.24) is 9.97 Å². The van der Waals surface area contributed by atoms with Gasteiger partial charge in [0.15, 0.2) is 0 Å². The maximum absolute atomic E-state index is 13.1. The van der Waals surface area contributed by atoms with E-state index in [9.17, 15) is 4.39 Å². The van der Waals surface area contributed by atoms with Crippen LogP contribution in [-0.4, -0.2) is 16.5 Å². The molecule has 1 heterocycles. The van der Waals surface area contributed by atoms with Gasteiger partial charge in [0.05, 0.1) is 0 Å². The van der Waals surface area contributed by atoms with Gasteiger partial charge in [-0.05, 0) is 30.5 Å². The van der Waals surface area contributed by atoms with Crippen LogP contribution < -0.4 is 5.32 Å². The van der Waals surface area contributed by atoms with Gasteiger partial charge in [0, 0.05) is 29.7 Å². The van der Waals surface area contributed by atoms with Crippen LogP contribution in [0.25, 0.3) is 0 Å². The van der Waals surface area contributed by atoms with Crippen LogP contribution in [0.5, 0.6) is 0 Å². The summed E-state index contributed by atoms with van der Waals surface area (Å²) >= 11 is 6.07. The van der Waals surface area contributed by atoms with E-state index in [-0.39, 0.29) is 5.82 Å². The molecule has 2 aromatic rings. The van der Waals surface area contributed by atoms with Gasteiger partial charge in [-0.1, -0.05) is 31.5 Å². The first-order valence-corrected chi connectivity index (χ1v) is 7.43. The predicted octanol–water partition coefficient (Wildman–Crippen LogP) is 4.42. The Kier molecular flexibility index (Phi) is 5.12. The van der Waals surface area contributed by atoms with Gasteiger partial charge in [0.25, 0.3) is 0 Å². The minimum atomic E-state index is -0.339. The molecule has 1 aromatic heterocycles. The highest BCUT2D eigenvalue weighted by Gasteiger charge is 2.10. The number of nitrogens with one attached hydrogen (secondary N) is 1. The lowest BCUT2D eigenvalue weighted by Crippen LogP contribution is -2.07. The summed E-state index contributed by atoms with van der Waals surface area (Å²) in [5.41, 5.74) is 1.80. The van der Waals surface area contributed by atoms with E-state index >= 15 is 0 Å². The Morgan fingerprint density at radius 2 is 2.00 bits per heavy atom. The average Bonchev–Trinajstić information content (AvgIpc) is 2.42. The van der Waals surface area contributed by atoms with Gasteiger partial charge in [-0.15, -0.1) is 0 Å². The number of rotatable bonds is 5. The quantitative estimate of drug-likeness (QED) is 0.889. The largest absolute Gasteiger partial charge is 0.370 e. The lowest BCUT2D eigenvalue weighted by Gasteiger charge is -2.11. The second kappa shape index (κ2) is 6.85. The van der Waals surface area contributed by atoms with Crippen LogP contribution in [0.15, 0.2) is 24.3 Å². The molecule has 0 bridgehead atoms. The molecule has 1 aromatic carbocycles. The molecule has 0 spiro atoms. The van der Waals surface area contributed by atoms with Crippen molar-refractivity contribution in [2.45, 2.75) is 33.1 Å². The zero-order valence-electron chi connectivity index (χ0n) is 12.5. The van der Waals surface area contributed by atoms with Crippen molar-refractivity contribution in [2.24, 2.45) is 0 Å². The van der Waals surface area contributed by atoms with E-state index in [1.165, 1.54) is 12.1 Å². The second-order valence-electron chi connectivity index (χ2n) is 5.19. The first-order valence-electron chi connectivity index (χ1n) is 7.05. The molecule has 0 saturated heterocycles. The summed E-state index contributed by atoms with van der Waals surface area (Å²) in [7, 11) is 0. The highest BCUT2D eigenvalue weighted by atomic mass is 35.5. The summed E-state index contributed by atoms with van der Waals surface area (Å²) in [5, 5.41) is 3.61. The molecule has 0 saturated carbocycles. The van der Waals surface area contributed by atoms with Crippen LogP contribution in [0, 0.1) is 5.82 Å². The van der Waals surface area contributed by atoms with E-state index in [4.69, 9.17) is 11.6 Å². The maximum Gasteiger partial charge on any atom is 0.135 e. The fraction of sp³-hybridized carbons (Fsp3) is 0.375. The Labute approximate surface area is 129 Å². The summed E-state index contributed by atoms with van der Waals surface area (Å²) in [6.07, 6.45) is 0.484. The van der Waals surface area contributed by atoms with E-state index in [1.807, 2.05) is 13.0 Å². The molecule has 0 radical (unpaired) electrons. The molecule has 0 aliphatic heterocycles. The van der Waals surface area contributed by atoms with Gasteiger partial charge in [-0.3, -0.25) is 0 Å². The molecule has 112 valence electrons. The van der Waals surface area contributed by atoms with Crippen molar-refractivity contribution >= 4 is 17.4 Å². The summed E-state index contributed by atoms with van der Waals surface area (Å²) < 4.78 is 13.1. The zero-order chi connectivity index (χ0) is 15.4. The van der Waals surface area contributed by atoms with Crippen molar-refractivity contribution in [2.75, 3.05) is 11.9 Å². The number of halogens is 2. The third-order valence-corrected chi connectivity index (χ3v) is 3.46. The van der Waals surface area contributed by atoms with Crippen LogP contribution in [-0.2, 0) is 6.42 Å². The summed E-state index contributed by atoms with van der Waals surface area (Å²) in [4.78, 5) is 9.06. The summed E-state index contributed by atoms with van der Waals surface area (Å²) in [6.45, 7) is 7.00. The number of hydrogen-bond acceptors (Lipinski definition) is 3. The van der Waals surface area contributed by atoms with Gasteiger partial charge < -0.3 is 5.32 Å². The summed E-state index contributed by atoms with van der Waals surface area (Å²) in [6, 6.07) is 6.35. The molecule has 3 nitrogen and oxygen atoms in total. The van der Waals surface area contributed by atoms with Gasteiger partial charge >= 0.3 is 0 Å². The SMILES string of the molecule is CCNc1cc(C(C)C)nc(Cc2ccc(F)cc2Cl)n1. The van der Waals surface area contributed by atoms with Gasteiger partial charge in [0.1, 0.15) is 17.5 Å². The number of anilines is 1. The second-order valence-corrected chi connectivity index (χ2v) is 5.60. The van der Waals surface area contributed by atoms with Gasteiger partial charge in [0.2, 0.25) is 0 Å². The zero-order valence-corrected chi connectivity index (χ0v) is 13.2.